The van der Waals surface area contributed by atoms with Gasteiger partial charge in [0.15, 0.2) is 0 Å². The SMILES string of the molecule is CCNc1cc(OC2CC(C)CCC2C(C)C)ncn1. The summed E-state index contributed by atoms with van der Waals surface area (Å²) >= 11 is 0. The van der Waals surface area contributed by atoms with Gasteiger partial charge in [0.25, 0.3) is 0 Å². The summed E-state index contributed by atoms with van der Waals surface area (Å²) < 4.78 is 6.20. The minimum Gasteiger partial charge on any atom is -0.474 e. The second-order valence-corrected chi connectivity index (χ2v) is 6.25. The highest BCUT2D eigenvalue weighted by Gasteiger charge is 2.32. The van der Waals surface area contributed by atoms with Crippen LogP contribution < -0.4 is 10.1 Å². The fourth-order valence-electron chi connectivity index (χ4n) is 3.09. The molecule has 0 amide bonds. The number of hydrogen-bond donors (Lipinski definition) is 1. The van der Waals surface area contributed by atoms with E-state index in [1.54, 1.807) is 6.33 Å². The Hall–Kier alpha value is -1.32. The molecular weight excluding hydrogens is 250 g/mol. The smallest absolute Gasteiger partial charge is 0.218 e. The van der Waals surface area contributed by atoms with Crippen LogP contribution >= 0.6 is 0 Å². The van der Waals surface area contributed by atoms with Crippen molar-refractivity contribution < 1.29 is 4.74 Å². The van der Waals surface area contributed by atoms with Gasteiger partial charge in [0, 0.05) is 12.6 Å². The van der Waals surface area contributed by atoms with Crippen LogP contribution in [0.1, 0.15) is 47.0 Å². The van der Waals surface area contributed by atoms with Gasteiger partial charge in [-0.3, -0.25) is 0 Å². The first-order valence-corrected chi connectivity index (χ1v) is 7.82. The van der Waals surface area contributed by atoms with Crippen molar-refractivity contribution in [3.05, 3.63) is 12.4 Å². The van der Waals surface area contributed by atoms with Crippen LogP contribution in [-0.4, -0.2) is 22.6 Å². The number of nitrogens with one attached hydrogen (secondary N) is 1. The highest BCUT2D eigenvalue weighted by molar-refractivity contribution is 5.36. The molecule has 2 rings (SSSR count). The van der Waals surface area contributed by atoms with Crippen molar-refractivity contribution in [3.8, 4) is 5.88 Å². The second-order valence-electron chi connectivity index (χ2n) is 6.25. The molecule has 3 atom stereocenters. The summed E-state index contributed by atoms with van der Waals surface area (Å²) in [6.45, 7) is 9.81. The molecule has 0 aliphatic heterocycles. The molecule has 20 heavy (non-hydrogen) atoms. The Morgan fingerprint density at radius 2 is 2.15 bits per heavy atom. The van der Waals surface area contributed by atoms with Crippen LogP contribution in [0.5, 0.6) is 5.88 Å². The molecule has 1 fully saturated rings. The zero-order valence-corrected chi connectivity index (χ0v) is 13.1. The number of nitrogens with zero attached hydrogens (tertiary/aromatic N) is 2. The summed E-state index contributed by atoms with van der Waals surface area (Å²) in [5.41, 5.74) is 0. The van der Waals surface area contributed by atoms with Gasteiger partial charge in [0.05, 0.1) is 0 Å². The molecule has 1 saturated carbocycles. The monoisotopic (exact) mass is 277 g/mol. The molecule has 0 bridgehead atoms. The minimum absolute atomic E-state index is 0.281. The molecule has 1 aromatic rings. The summed E-state index contributed by atoms with van der Waals surface area (Å²) in [6, 6.07) is 1.90. The number of hydrogen-bond acceptors (Lipinski definition) is 4. The maximum atomic E-state index is 6.20. The van der Waals surface area contributed by atoms with Gasteiger partial charge in [-0.15, -0.1) is 0 Å². The zero-order valence-electron chi connectivity index (χ0n) is 13.1. The van der Waals surface area contributed by atoms with Gasteiger partial charge in [-0.25, -0.2) is 9.97 Å². The maximum absolute atomic E-state index is 6.20. The van der Waals surface area contributed by atoms with Crippen LogP contribution in [0.25, 0.3) is 0 Å². The Bertz CT molecular complexity index is 422. The Morgan fingerprint density at radius 1 is 1.35 bits per heavy atom. The van der Waals surface area contributed by atoms with Crippen LogP contribution in [0.3, 0.4) is 0 Å². The van der Waals surface area contributed by atoms with E-state index < -0.39 is 0 Å². The maximum Gasteiger partial charge on any atom is 0.218 e. The molecule has 112 valence electrons. The third-order valence-electron chi connectivity index (χ3n) is 4.23. The summed E-state index contributed by atoms with van der Waals surface area (Å²) in [5.74, 6) is 3.56. The van der Waals surface area contributed by atoms with Crippen molar-refractivity contribution in [2.24, 2.45) is 17.8 Å². The lowest BCUT2D eigenvalue weighted by Gasteiger charge is -2.37. The van der Waals surface area contributed by atoms with Crippen LogP contribution in [0.2, 0.25) is 0 Å². The molecule has 0 spiro atoms. The van der Waals surface area contributed by atoms with E-state index in [9.17, 15) is 0 Å². The van der Waals surface area contributed by atoms with Crippen molar-refractivity contribution >= 4 is 5.82 Å². The Labute approximate surface area is 122 Å². The predicted molar refractivity (Wildman–Crippen MR) is 82.0 cm³/mol. The second kappa shape index (κ2) is 6.91. The molecule has 1 aromatic heterocycles. The molecule has 0 aromatic carbocycles. The highest BCUT2D eigenvalue weighted by atomic mass is 16.5. The normalized spacial score (nSPS) is 26.6. The fourth-order valence-corrected chi connectivity index (χ4v) is 3.09. The topological polar surface area (TPSA) is 47.0 Å². The van der Waals surface area contributed by atoms with Crippen molar-refractivity contribution in [1.29, 1.82) is 0 Å². The van der Waals surface area contributed by atoms with Crippen LogP contribution in [0, 0.1) is 17.8 Å². The van der Waals surface area contributed by atoms with Crippen LogP contribution in [-0.2, 0) is 0 Å². The number of rotatable bonds is 5. The molecule has 3 unspecified atom stereocenters. The van der Waals surface area contributed by atoms with E-state index in [0.29, 0.717) is 17.7 Å². The van der Waals surface area contributed by atoms with Gasteiger partial charge in [0.1, 0.15) is 18.2 Å². The Kier molecular flexibility index (Phi) is 5.21. The molecule has 4 heteroatoms. The molecule has 0 radical (unpaired) electrons. The van der Waals surface area contributed by atoms with E-state index in [2.05, 4.69) is 43.0 Å². The van der Waals surface area contributed by atoms with E-state index in [1.807, 2.05) is 6.07 Å². The summed E-state index contributed by atoms with van der Waals surface area (Å²) in [7, 11) is 0. The van der Waals surface area contributed by atoms with Crippen molar-refractivity contribution in [2.45, 2.75) is 53.1 Å². The van der Waals surface area contributed by atoms with Gasteiger partial charge in [-0.1, -0.05) is 27.2 Å². The average molecular weight is 277 g/mol. The lowest BCUT2D eigenvalue weighted by Crippen LogP contribution is -2.36. The van der Waals surface area contributed by atoms with E-state index in [4.69, 9.17) is 4.74 Å². The van der Waals surface area contributed by atoms with Gasteiger partial charge < -0.3 is 10.1 Å². The molecule has 1 heterocycles. The Balaban J connectivity index is 2.07. The third-order valence-corrected chi connectivity index (χ3v) is 4.23. The first kappa shape index (κ1) is 15.1. The Morgan fingerprint density at radius 3 is 2.85 bits per heavy atom. The minimum atomic E-state index is 0.281. The zero-order chi connectivity index (χ0) is 14.5. The number of ether oxygens (including phenoxy) is 1. The first-order valence-electron chi connectivity index (χ1n) is 7.82. The van der Waals surface area contributed by atoms with E-state index in [-0.39, 0.29) is 6.10 Å². The summed E-state index contributed by atoms with van der Waals surface area (Å²) in [6.07, 6.45) is 5.56. The average Bonchev–Trinajstić information content (AvgIpc) is 2.39. The molecule has 1 N–H and O–H groups in total. The highest BCUT2D eigenvalue weighted by Crippen LogP contribution is 2.35. The third kappa shape index (κ3) is 3.84. The molecule has 1 aliphatic rings. The lowest BCUT2D eigenvalue weighted by atomic mass is 9.75. The molecule has 0 saturated heterocycles. The van der Waals surface area contributed by atoms with E-state index >= 15 is 0 Å². The van der Waals surface area contributed by atoms with E-state index in [0.717, 1.165) is 24.7 Å². The molecule has 1 aliphatic carbocycles. The lowest BCUT2D eigenvalue weighted by molar-refractivity contribution is 0.0426. The molecular formula is C16H27N3O. The predicted octanol–water partition coefficient (Wildman–Crippen LogP) is 3.75. The van der Waals surface area contributed by atoms with Gasteiger partial charge in [-0.2, -0.15) is 0 Å². The van der Waals surface area contributed by atoms with Crippen molar-refractivity contribution in [1.82, 2.24) is 9.97 Å². The number of anilines is 1. The standard InChI is InChI=1S/C16H27N3O/c1-5-17-15-9-16(19-10-18-15)20-14-8-12(4)6-7-13(14)11(2)3/h9-14H,5-8H2,1-4H3,(H,17,18,19). The quantitative estimate of drug-likeness (QED) is 0.890. The van der Waals surface area contributed by atoms with Crippen molar-refractivity contribution in [2.75, 3.05) is 11.9 Å². The first-order chi connectivity index (χ1) is 9.60. The summed E-state index contributed by atoms with van der Waals surface area (Å²) in [4.78, 5) is 8.45. The van der Waals surface area contributed by atoms with Gasteiger partial charge in [-0.05, 0) is 37.5 Å². The van der Waals surface area contributed by atoms with Crippen LogP contribution in [0.15, 0.2) is 12.4 Å². The van der Waals surface area contributed by atoms with Crippen LogP contribution in [0.4, 0.5) is 5.82 Å². The van der Waals surface area contributed by atoms with Gasteiger partial charge in [0.2, 0.25) is 5.88 Å². The van der Waals surface area contributed by atoms with Crippen molar-refractivity contribution in [3.63, 3.8) is 0 Å². The fraction of sp³-hybridized carbons (Fsp3) is 0.750. The number of aromatic nitrogens is 2. The van der Waals surface area contributed by atoms with E-state index in [1.165, 1.54) is 12.8 Å². The molecule has 4 nitrogen and oxygen atoms in total. The largest absolute Gasteiger partial charge is 0.474 e. The van der Waals surface area contributed by atoms with Gasteiger partial charge >= 0.3 is 0 Å². The summed E-state index contributed by atoms with van der Waals surface area (Å²) in [5, 5.41) is 3.20.